The molecule has 0 aliphatic rings. The Balaban J connectivity index is 2.66. The molecule has 0 saturated heterocycles. The zero-order chi connectivity index (χ0) is 10.4. The van der Waals surface area contributed by atoms with Crippen LogP contribution < -0.4 is 5.43 Å². The lowest BCUT2D eigenvalue weighted by Gasteiger charge is -2.00. The van der Waals surface area contributed by atoms with Crippen molar-refractivity contribution in [2.24, 2.45) is 5.10 Å². The van der Waals surface area contributed by atoms with Gasteiger partial charge in [-0.15, -0.1) is 0 Å². The molecule has 3 heteroatoms. The monoisotopic (exact) mass is 190 g/mol. The average Bonchev–Trinajstić information content (AvgIpc) is 2.26. The highest BCUT2D eigenvalue weighted by atomic mass is 16.2. The number of hydrazone groups is 1. The number of amides is 1. The van der Waals surface area contributed by atoms with E-state index in [9.17, 15) is 4.79 Å². The van der Waals surface area contributed by atoms with Crippen LogP contribution in [-0.2, 0) is 4.79 Å². The zero-order valence-corrected chi connectivity index (χ0v) is 8.45. The van der Waals surface area contributed by atoms with Gasteiger partial charge in [-0.25, -0.2) is 5.43 Å². The molecule has 0 aromatic heterocycles. The molecule has 0 heterocycles. The first-order chi connectivity index (χ1) is 6.74. The van der Waals surface area contributed by atoms with Gasteiger partial charge in [0, 0.05) is 6.42 Å². The molecule has 1 amide bonds. The fourth-order valence-corrected chi connectivity index (χ4v) is 0.969. The maximum absolute atomic E-state index is 10.9. The van der Waals surface area contributed by atoms with Crippen LogP contribution in [-0.4, -0.2) is 11.6 Å². The molecule has 0 atom stereocenters. The van der Waals surface area contributed by atoms with Crippen molar-refractivity contribution >= 4 is 11.6 Å². The third kappa shape index (κ3) is 3.01. The minimum absolute atomic E-state index is 0.0692. The van der Waals surface area contributed by atoms with Gasteiger partial charge >= 0.3 is 0 Å². The van der Waals surface area contributed by atoms with Gasteiger partial charge in [0.15, 0.2) is 0 Å². The quantitative estimate of drug-likeness (QED) is 0.574. The van der Waals surface area contributed by atoms with Gasteiger partial charge in [0.05, 0.1) is 5.71 Å². The minimum atomic E-state index is -0.0692. The molecule has 0 saturated carbocycles. The molecule has 74 valence electrons. The van der Waals surface area contributed by atoms with E-state index < -0.39 is 0 Å². The molecule has 1 rings (SSSR count). The number of hydrogen-bond acceptors (Lipinski definition) is 2. The molecule has 1 N–H and O–H groups in total. The molecule has 1 aromatic carbocycles. The molecule has 0 bridgehead atoms. The van der Waals surface area contributed by atoms with Crippen LogP contribution in [0.1, 0.15) is 25.8 Å². The Labute approximate surface area is 83.8 Å². The van der Waals surface area contributed by atoms with Crippen LogP contribution in [0.2, 0.25) is 0 Å². The predicted molar refractivity (Wildman–Crippen MR) is 57.1 cm³/mol. The van der Waals surface area contributed by atoms with Gasteiger partial charge in [0.25, 0.3) is 0 Å². The Morgan fingerprint density at radius 3 is 2.57 bits per heavy atom. The number of carbonyl (C=O) groups is 1. The largest absolute Gasteiger partial charge is 0.273 e. The fraction of sp³-hybridized carbons (Fsp3) is 0.273. The molecule has 3 nitrogen and oxygen atoms in total. The van der Waals surface area contributed by atoms with Crippen molar-refractivity contribution in [1.29, 1.82) is 0 Å². The molecule has 0 fully saturated rings. The Hall–Kier alpha value is -1.64. The number of nitrogens with zero attached hydrogens (tertiary/aromatic N) is 1. The maximum atomic E-state index is 10.9. The van der Waals surface area contributed by atoms with Crippen molar-refractivity contribution in [1.82, 2.24) is 5.43 Å². The first-order valence-corrected chi connectivity index (χ1v) is 4.62. The lowest BCUT2D eigenvalue weighted by molar-refractivity contribution is -0.120. The van der Waals surface area contributed by atoms with Gasteiger partial charge in [0.2, 0.25) is 5.91 Å². The summed E-state index contributed by atoms with van der Waals surface area (Å²) < 4.78 is 0. The van der Waals surface area contributed by atoms with E-state index in [1.165, 1.54) is 0 Å². The highest BCUT2D eigenvalue weighted by molar-refractivity contribution is 5.99. The summed E-state index contributed by atoms with van der Waals surface area (Å²) in [7, 11) is 0. The van der Waals surface area contributed by atoms with E-state index in [0.29, 0.717) is 6.42 Å². The molecule has 0 unspecified atom stereocenters. The van der Waals surface area contributed by atoms with Crippen LogP contribution in [0.4, 0.5) is 0 Å². The fourth-order valence-electron chi connectivity index (χ4n) is 0.969. The second kappa shape index (κ2) is 5.17. The van der Waals surface area contributed by atoms with Crippen molar-refractivity contribution in [3.63, 3.8) is 0 Å². The molecular formula is C11H14N2O. The summed E-state index contributed by atoms with van der Waals surface area (Å²) in [6.45, 7) is 3.66. The molecule has 0 aliphatic heterocycles. The van der Waals surface area contributed by atoms with Crippen molar-refractivity contribution in [3.05, 3.63) is 35.9 Å². The van der Waals surface area contributed by atoms with Gasteiger partial charge in [0.1, 0.15) is 0 Å². The van der Waals surface area contributed by atoms with Crippen LogP contribution in [0, 0.1) is 0 Å². The smallest absolute Gasteiger partial charge is 0.239 e. The Kier molecular flexibility index (Phi) is 3.85. The maximum Gasteiger partial charge on any atom is 0.239 e. The Morgan fingerprint density at radius 1 is 1.36 bits per heavy atom. The number of carbonyl (C=O) groups excluding carboxylic acids is 1. The molecule has 1 aromatic rings. The number of benzene rings is 1. The van der Waals surface area contributed by atoms with Crippen molar-refractivity contribution in [3.8, 4) is 0 Å². The Morgan fingerprint density at radius 2 is 2.00 bits per heavy atom. The lowest BCUT2D eigenvalue weighted by Crippen LogP contribution is -2.17. The van der Waals surface area contributed by atoms with Gasteiger partial charge in [-0.3, -0.25) is 4.79 Å². The predicted octanol–water partition coefficient (Wildman–Crippen LogP) is 1.94. The van der Waals surface area contributed by atoms with E-state index in [2.05, 4.69) is 10.5 Å². The summed E-state index contributed by atoms with van der Waals surface area (Å²) in [6.07, 6.45) is 0.450. The molecule has 0 radical (unpaired) electrons. The summed E-state index contributed by atoms with van der Waals surface area (Å²) in [6, 6.07) is 9.74. The van der Waals surface area contributed by atoms with Crippen LogP contribution in [0.15, 0.2) is 35.4 Å². The summed E-state index contributed by atoms with van der Waals surface area (Å²) in [4.78, 5) is 10.9. The highest BCUT2D eigenvalue weighted by Gasteiger charge is 1.97. The average molecular weight is 190 g/mol. The summed E-state index contributed by atoms with van der Waals surface area (Å²) in [5.41, 5.74) is 4.31. The van der Waals surface area contributed by atoms with Gasteiger partial charge < -0.3 is 0 Å². The van der Waals surface area contributed by atoms with Crippen LogP contribution in [0.3, 0.4) is 0 Å². The third-order valence-electron chi connectivity index (χ3n) is 1.86. The SMILES string of the molecule is CCC(=O)N/N=C(/C)c1ccccc1. The van der Waals surface area contributed by atoms with Crippen LogP contribution in [0.5, 0.6) is 0 Å². The zero-order valence-electron chi connectivity index (χ0n) is 8.45. The Bertz CT molecular complexity index is 330. The van der Waals surface area contributed by atoms with Gasteiger partial charge in [-0.1, -0.05) is 37.3 Å². The number of hydrogen-bond donors (Lipinski definition) is 1. The second-order valence-electron chi connectivity index (χ2n) is 2.95. The van der Waals surface area contributed by atoms with Crippen molar-refractivity contribution in [2.75, 3.05) is 0 Å². The number of nitrogens with one attached hydrogen (secondary N) is 1. The molecule has 0 spiro atoms. The highest BCUT2D eigenvalue weighted by Crippen LogP contribution is 1.99. The molecular weight excluding hydrogens is 176 g/mol. The molecule has 0 aliphatic carbocycles. The second-order valence-corrected chi connectivity index (χ2v) is 2.95. The first-order valence-electron chi connectivity index (χ1n) is 4.62. The van der Waals surface area contributed by atoms with E-state index in [1.54, 1.807) is 6.92 Å². The topological polar surface area (TPSA) is 41.5 Å². The van der Waals surface area contributed by atoms with Crippen LogP contribution in [0.25, 0.3) is 0 Å². The van der Waals surface area contributed by atoms with E-state index in [-0.39, 0.29) is 5.91 Å². The first kappa shape index (κ1) is 10.4. The minimum Gasteiger partial charge on any atom is -0.273 e. The summed E-state index contributed by atoms with van der Waals surface area (Å²) in [5, 5.41) is 3.98. The third-order valence-corrected chi connectivity index (χ3v) is 1.86. The van der Waals surface area contributed by atoms with Crippen molar-refractivity contribution < 1.29 is 4.79 Å². The molecule has 14 heavy (non-hydrogen) atoms. The van der Waals surface area contributed by atoms with E-state index in [4.69, 9.17) is 0 Å². The van der Waals surface area contributed by atoms with Crippen LogP contribution >= 0.6 is 0 Å². The normalized spacial score (nSPS) is 11.1. The standard InChI is InChI=1S/C11H14N2O/c1-3-11(14)13-12-9(2)10-7-5-4-6-8-10/h4-8H,3H2,1-2H3,(H,13,14)/b12-9-. The van der Waals surface area contributed by atoms with E-state index in [0.717, 1.165) is 11.3 Å². The summed E-state index contributed by atoms with van der Waals surface area (Å²) >= 11 is 0. The van der Waals surface area contributed by atoms with E-state index >= 15 is 0 Å². The van der Waals surface area contributed by atoms with Crippen molar-refractivity contribution in [2.45, 2.75) is 20.3 Å². The lowest BCUT2D eigenvalue weighted by atomic mass is 10.1. The van der Waals surface area contributed by atoms with Gasteiger partial charge in [-0.2, -0.15) is 5.10 Å². The summed E-state index contributed by atoms with van der Waals surface area (Å²) in [5.74, 6) is -0.0692. The number of rotatable bonds is 3. The van der Waals surface area contributed by atoms with E-state index in [1.807, 2.05) is 37.3 Å². The van der Waals surface area contributed by atoms with Gasteiger partial charge in [-0.05, 0) is 12.5 Å².